The number of para-hydroxylation sites is 1. The van der Waals surface area contributed by atoms with E-state index in [0.717, 1.165) is 16.8 Å². The molecule has 1 N–H and O–H groups in total. The third-order valence-corrected chi connectivity index (χ3v) is 3.18. The predicted octanol–water partition coefficient (Wildman–Crippen LogP) is 4.75. The molecule has 0 amide bonds. The molecule has 0 aliphatic carbocycles. The molecule has 0 heterocycles. The van der Waals surface area contributed by atoms with Gasteiger partial charge in [0.05, 0.1) is 16.9 Å². The molecule has 0 saturated heterocycles. The standard InChI is InChI=1S/C14H12Cl2N2/c1-10-7-11(14(16)8-13(10)15)9-17-18-12-5-3-2-4-6-12/h2-9,18H,1H3. The molecule has 92 valence electrons. The van der Waals surface area contributed by atoms with E-state index < -0.39 is 0 Å². The Labute approximate surface area is 116 Å². The van der Waals surface area contributed by atoms with Crippen molar-refractivity contribution in [3.8, 4) is 0 Å². The van der Waals surface area contributed by atoms with Crippen molar-refractivity contribution in [2.45, 2.75) is 6.92 Å². The average molecular weight is 279 g/mol. The minimum absolute atomic E-state index is 0.587. The van der Waals surface area contributed by atoms with Crippen molar-refractivity contribution in [1.29, 1.82) is 0 Å². The molecule has 2 nitrogen and oxygen atoms in total. The minimum atomic E-state index is 0.587. The summed E-state index contributed by atoms with van der Waals surface area (Å²) >= 11 is 12.1. The summed E-state index contributed by atoms with van der Waals surface area (Å²) in [5, 5.41) is 5.39. The van der Waals surface area contributed by atoms with Gasteiger partial charge in [0.15, 0.2) is 0 Å². The van der Waals surface area contributed by atoms with Gasteiger partial charge in [-0.25, -0.2) is 0 Å². The van der Waals surface area contributed by atoms with E-state index in [1.54, 1.807) is 12.3 Å². The SMILES string of the molecule is Cc1cc(C=NNc2ccccc2)c(Cl)cc1Cl. The van der Waals surface area contributed by atoms with Gasteiger partial charge in [0.2, 0.25) is 0 Å². The molecule has 0 unspecified atom stereocenters. The predicted molar refractivity (Wildman–Crippen MR) is 78.9 cm³/mol. The second-order valence-corrected chi connectivity index (χ2v) is 4.67. The maximum atomic E-state index is 6.08. The lowest BCUT2D eigenvalue weighted by atomic mass is 10.1. The van der Waals surface area contributed by atoms with Crippen LogP contribution in [0.3, 0.4) is 0 Å². The fraction of sp³-hybridized carbons (Fsp3) is 0.0714. The van der Waals surface area contributed by atoms with Crippen molar-refractivity contribution in [3.63, 3.8) is 0 Å². The normalized spacial score (nSPS) is 10.8. The Balaban J connectivity index is 2.12. The van der Waals surface area contributed by atoms with E-state index in [2.05, 4.69) is 10.5 Å². The van der Waals surface area contributed by atoms with Gasteiger partial charge in [-0.15, -0.1) is 0 Å². The summed E-state index contributed by atoms with van der Waals surface area (Å²) in [6, 6.07) is 13.3. The van der Waals surface area contributed by atoms with Crippen LogP contribution in [-0.4, -0.2) is 6.21 Å². The highest BCUT2D eigenvalue weighted by atomic mass is 35.5. The number of benzene rings is 2. The van der Waals surface area contributed by atoms with E-state index >= 15 is 0 Å². The van der Waals surface area contributed by atoms with Gasteiger partial charge in [0, 0.05) is 10.6 Å². The number of nitrogens with zero attached hydrogens (tertiary/aromatic N) is 1. The summed E-state index contributed by atoms with van der Waals surface area (Å²) in [7, 11) is 0. The van der Waals surface area contributed by atoms with E-state index in [1.165, 1.54) is 0 Å². The third kappa shape index (κ3) is 3.25. The summed E-state index contributed by atoms with van der Waals surface area (Å²) in [5.74, 6) is 0. The molecule has 2 aromatic rings. The number of halogens is 2. The van der Waals surface area contributed by atoms with Crippen LogP contribution in [0.2, 0.25) is 10.0 Å². The fourth-order valence-electron chi connectivity index (χ4n) is 1.47. The Hall–Kier alpha value is -1.51. The average Bonchev–Trinajstić information content (AvgIpc) is 2.37. The first-order valence-corrected chi connectivity index (χ1v) is 6.22. The molecule has 2 rings (SSSR count). The quantitative estimate of drug-likeness (QED) is 0.636. The van der Waals surface area contributed by atoms with Crippen molar-refractivity contribution in [2.24, 2.45) is 5.10 Å². The lowest BCUT2D eigenvalue weighted by Crippen LogP contribution is -1.92. The third-order valence-electron chi connectivity index (χ3n) is 2.45. The molecule has 0 aromatic heterocycles. The van der Waals surface area contributed by atoms with Crippen LogP contribution in [-0.2, 0) is 0 Å². The van der Waals surface area contributed by atoms with E-state index in [-0.39, 0.29) is 0 Å². The summed E-state index contributed by atoms with van der Waals surface area (Å²) in [6.07, 6.45) is 1.68. The maximum Gasteiger partial charge on any atom is 0.0561 e. The lowest BCUT2D eigenvalue weighted by Gasteiger charge is -2.03. The van der Waals surface area contributed by atoms with Gasteiger partial charge in [0.1, 0.15) is 0 Å². The largest absolute Gasteiger partial charge is 0.279 e. The molecule has 18 heavy (non-hydrogen) atoms. The number of hydrogen-bond acceptors (Lipinski definition) is 2. The van der Waals surface area contributed by atoms with Gasteiger partial charge in [-0.3, -0.25) is 5.43 Å². The highest BCUT2D eigenvalue weighted by molar-refractivity contribution is 6.36. The Morgan fingerprint density at radius 2 is 1.78 bits per heavy atom. The van der Waals surface area contributed by atoms with Crippen LogP contribution in [0.25, 0.3) is 0 Å². The Morgan fingerprint density at radius 3 is 2.50 bits per heavy atom. The Kier molecular flexibility index (Phi) is 4.24. The summed E-state index contributed by atoms with van der Waals surface area (Å²) in [4.78, 5) is 0. The Morgan fingerprint density at radius 1 is 1.06 bits per heavy atom. The van der Waals surface area contributed by atoms with Gasteiger partial charge in [0.25, 0.3) is 0 Å². The van der Waals surface area contributed by atoms with Crippen molar-refractivity contribution in [1.82, 2.24) is 0 Å². The molecular weight excluding hydrogens is 267 g/mol. The van der Waals surface area contributed by atoms with E-state index in [4.69, 9.17) is 23.2 Å². The first-order chi connectivity index (χ1) is 8.66. The minimum Gasteiger partial charge on any atom is -0.279 e. The summed E-state index contributed by atoms with van der Waals surface area (Å²) < 4.78 is 0. The van der Waals surface area contributed by atoms with Crippen molar-refractivity contribution in [2.75, 3.05) is 5.43 Å². The molecular formula is C14H12Cl2N2. The van der Waals surface area contributed by atoms with Gasteiger partial charge in [-0.05, 0) is 36.8 Å². The van der Waals surface area contributed by atoms with Crippen LogP contribution < -0.4 is 5.43 Å². The monoisotopic (exact) mass is 278 g/mol. The van der Waals surface area contributed by atoms with E-state index in [0.29, 0.717) is 10.0 Å². The highest BCUT2D eigenvalue weighted by Gasteiger charge is 2.02. The lowest BCUT2D eigenvalue weighted by molar-refractivity contribution is 1.35. The summed E-state index contributed by atoms with van der Waals surface area (Å²) in [5.41, 5.74) is 5.67. The molecule has 0 bridgehead atoms. The van der Waals surface area contributed by atoms with E-state index in [1.807, 2.05) is 43.3 Å². The first kappa shape index (κ1) is 12.9. The van der Waals surface area contributed by atoms with Gasteiger partial charge in [-0.1, -0.05) is 41.4 Å². The second kappa shape index (κ2) is 5.89. The zero-order valence-corrected chi connectivity index (χ0v) is 11.3. The molecule has 0 saturated carbocycles. The van der Waals surface area contributed by atoms with Crippen LogP contribution in [0.4, 0.5) is 5.69 Å². The number of rotatable bonds is 3. The topological polar surface area (TPSA) is 24.4 Å². The maximum absolute atomic E-state index is 6.08. The fourth-order valence-corrected chi connectivity index (χ4v) is 1.90. The van der Waals surface area contributed by atoms with Crippen molar-refractivity contribution >= 4 is 35.1 Å². The van der Waals surface area contributed by atoms with Gasteiger partial charge >= 0.3 is 0 Å². The highest BCUT2D eigenvalue weighted by Crippen LogP contribution is 2.23. The number of nitrogens with one attached hydrogen (secondary N) is 1. The summed E-state index contributed by atoms with van der Waals surface area (Å²) in [6.45, 7) is 1.93. The van der Waals surface area contributed by atoms with Crippen LogP contribution in [0, 0.1) is 6.92 Å². The van der Waals surface area contributed by atoms with Crippen molar-refractivity contribution < 1.29 is 0 Å². The molecule has 0 aliphatic heterocycles. The molecule has 2 aromatic carbocycles. The molecule has 0 fully saturated rings. The Bertz CT molecular complexity index is 566. The van der Waals surface area contributed by atoms with Crippen LogP contribution in [0.1, 0.15) is 11.1 Å². The molecule has 0 atom stereocenters. The zero-order chi connectivity index (χ0) is 13.0. The smallest absolute Gasteiger partial charge is 0.0561 e. The number of hydrazone groups is 1. The molecule has 0 spiro atoms. The molecule has 0 radical (unpaired) electrons. The molecule has 4 heteroatoms. The van der Waals surface area contributed by atoms with Gasteiger partial charge < -0.3 is 0 Å². The van der Waals surface area contributed by atoms with Gasteiger partial charge in [-0.2, -0.15) is 5.10 Å². The van der Waals surface area contributed by atoms with Crippen LogP contribution in [0.5, 0.6) is 0 Å². The number of hydrogen-bond donors (Lipinski definition) is 1. The van der Waals surface area contributed by atoms with Crippen LogP contribution in [0.15, 0.2) is 47.6 Å². The van der Waals surface area contributed by atoms with Crippen LogP contribution >= 0.6 is 23.2 Å². The van der Waals surface area contributed by atoms with E-state index in [9.17, 15) is 0 Å². The molecule has 0 aliphatic rings. The number of anilines is 1. The van der Waals surface area contributed by atoms with Crippen molar-refractivity contribution in [3.05, 3.63) is 63.6 Å². The zero-order valence-electron chi connectivity index (χ0n) is 9.82. The first-order valence-electron chi connectivity index (χ1n) is 5.46. The second-order valence-electron chi connectivity index (χ2n) is 3.86. The number of aryl methyl sites for hydroxylation is 1.